The van der Waals surface area contributed by atoms with E-state index in [2.05, 4.69) is 0 Å². The second kappa shape index (κ2) is 22.0. The Morgan fingerprint density at radius 1 is 0.661 bits per heavy atom. The lowest BCUT2D eigenvalue weighted by Crippen LogP contribution is -2.68. The van der Waals surface area contributed by atoms with Crippen LogP contribution in [0.4, 0.5) is 0 Å². The molecule has 0 aliphatic carbocycles. The predicted octanol–water partition coefficient (Wildman–Crippen LogP) is 4.62. The molecule has 62 heavy (non-hydrogen) atoms. The number of benzene rings is 3. The lowest BCUT2D eigenvalue weighted by atomic mass is 9.94. The molecule has 0 bridgehead atoms. The zero-order valence-corrected chi connectivity index (χ0v) is 36.0. The van der Waals surface area contributed by atoms with Gasteiger partial charge in [-0.25, -0.2) is 0 Å². The highest BCUT2D eigenvalue weighted by atomic mass is 35.5. The number of thioether (sulfide) groups is 1. The van der Waals surface area contributed by atoms with Crippen LogP contribution in [-0.2, 0) is 75.0 Å². The van der Waals surface area contributed by atoms with Gasteiger partial charge in [0.05, 0.1) is 30.9 Å². The molecule has 0 N–H and O–H groups in total. The van der Waals surface area contributed by atoms with Gasteiger partial charge in [0.2, 0.25) is 0 Å². The number of imide groups is 1. The van der Waals surface area contributed by atoms with E-state index in [-0.39, 0.29) is 30.9 Å². The Bertz CT molecular complexity index is 2010. The monoisotopic (exact) mass is 897 g/mol. The van der Waals surface area contributed by atoms with Crippen molar-refractivity contribution in [1.29, 1.82) is 0 Å². The lowest BCUT2D eigenvalue weighted by Gasteiger charge is -2.51. The van der Waals surface area contributed by atoms with E-state index >= 15 is 0 Å². The summed E-state index contributed by atoms with van der Waals surface area (Å²) < 4.78 is 55.4. The predicted molar refractivity (Wildman–Crippen MR) is 221 cm³/mol. The number of carbonyl (C=O) groups is 6. The van der Waals surface area contributed by atoms with Gasteiger partial charge in [-0.1, -0.05) is 79.7 Å². The molecule has 2 fully saturated rings. The highest BCUT2D eigenvalue weighted by molar-refractivity contribution is 7.99. The van der Waals surface area contributed by atoms with Crippen LogP contribution in [0.3, 0.4) is 0 Å². The molecule has 0 radical (unpaired) electrons. The molecule has 0 saturated carbocycles. The molecule has 2 amide bonds. The maximum Gasteiger partial charge on any atom is 0.321 e. The second-order valence-corrected chi connectivity index (χ2v) is 16.1. The van der Waals surface area contributed by atoms with Crippen LogP contribution in [0.2, 0.25) is 0 Å². The van der Waals surface area contributed by atoms with Crippen molar-refractivity contribution >= 4 is 59.1 Å². The molecule has 3 aromatic rings. The molecule has 0 unspecified atom stereocenters. The van der Waals surface area contributed by atoms with Crippen LogP contribution in [0.25, 0.3) is 0 Å². The van der Waals surface area contributed by atoms with Crippen molar-refractivity contribution < 1.29 is 71.4 Å². The van der Waals surface area contributed by atoms with Gasteiger partial charge in [0, 0.05) is 20.8 Å². The van der Waals surface area contributed by atoms with E-state index in [1.54, 1.807) is 24.3 Å². The number of hydrogen-bond donors (Lipinski definition) is 0. The van der Waals surface area contributed by atoms with Crippen LogP contribution in [0.1, 0.15) is 59.5 Å². The number of esters is 4. The molecule has 3 heterocycles. The van der Waals surface area contributed by atoms with Crippen molar-refractivity contribution in [3.63, 3.8) is 0 Å². The number of hydrogen-bond acceptors (Lipinski definition) is 16. The molecule has 18 heteroatoms. The standard InChI is InChI=1S/C44H48ClNO15S/c1-5-62-44-35(46-41(51)30-18-12-13-19-31(30)42(46)52)38(55-22-29-16-10-7-11-17-29)36(32(59-44)23-53-21-28-14-8-6-9-15-28)61-43-40(57-27(4)49)39(60-34(50)20-45)37(56-26(3)48)33(58-43)24-54-25(2)47/h6-19,32-33,35-40,43-44H,5,20-24H2,1-4H3/t32-,33-,35-,36-,37+,38-,39+,40-,43+,44+/m1/s1. The molecule has 0 aromatic heterocycles. The number of alkyl halides is 1. The Morgan fingerprint density at radius 2 is 1.23 bits per heavy atom. The summed E-state index contributed by atoms with van der Waals surface area (Å²) in [4.78, 5) is 80.1. The van der Waals surface area contributed by atoms with Crippen LogP contribution in [0, 0.1) is 0 Å². The fourth-order valence-corrected chi connectivity index (χ4v) is 8.60. The van der Waals surface area contributed by atoms with Gasteiger partial charge in [-0.2, -0.15) is 0 Å². The van der Waals surface area contributed by atoms with E-state index in [1.807, 2.05) is 67.6 Å². The zero-order chi connectivity index (χ0) is 44.3. The summed E-state index contributed by atoms with van der Waals surface area (Å²) in [6.45, 7) is 4.75. The van der Waals surface area contributed by atoms with Crippen molar-refractivity contribution in [2.24, 2.45) is 0 Å². The first-order chi connectivity index (χ1) is 29.9. The van der Waals surface area contributed by atoms with Crippen molar-refractivity contribution in [2.45, 2.75) is 101 Å². The number of carbonyl (C=O) groups excluding carboxylic acids is 6. The lowest BCUT2D eigenvalue weighted by molar-refractivity contribution is -0.340. The topological polar surface area (TPSA) is 189 Å². The normalized spacial score (nSPS) is 27.0. The van der Waals surface area contributed by atoms with Gasteiger partial charge >= 0.3 is 23.9 Å². The summed E-state index contributed by atoms with van der Waals surface area (Å²) in [5.74, 6) is -4.65. The molecule has 0 spiro atoms. The average Bonchev–Trinajstić information content (AvgIpc) is 3.50. The van der Waals surface area contributed by atoms with E-state index in [9.17, 15) is 28.8 Å². The van der Waals surface area contributed by atoms with Gasteiger partial charge in [-0.15, -0.1) is 23.4 Å². The SMILES string of the molecule is CCS[C@@H]1O[C@H](COCc2ccccc2)[C@@H](O[C@@H]2O[C@H](COC(C)=O)[C@H](OC(C)=O)[C@H](OC(=O)CCl)[C@H]2OC(C)=O)[C@H](OCc2ccccc2)[C@H]1N1C(=O)c2ccccc2C1=O. The Balaban J connectivity index is 1.48. The molecule has 2 saturated heterocycles. The van der Waals surface area contributed by atoms with Gasteiger partial charge in [0.1, 0.15) is 48.4 Å². The molecular weight excluding hydrogens is 850 g/mol. The van der Waals surface area contributed by atoms with Gasteiger partial charge in [-0.3, -0.25) is 33.7 Å². The van der Waals surface area contributed by atoms with Crippen LogP contribution in [-0.4, -0.2) is 126 Å². The molecule has 3 aliphatic heterocycles. The molecule has 3 aliphatic rings. The third kappa shape index (κ3) is 11.4. The van der Waals surface area contributed by atoms with E-state index in [1.165, 1.54) is 11.8 Å². The summed E-state index contributed by atoms with van der Waals surface area (Å²) in [6.07, 6.45) is -11.4. The van der Waals surface area contributed by atoms with E-state index < -0.39 is 109 Å². The minimum atomic E-state index is -1.70. The highest BCUT2D eigenvalue weighted by Crippen LogP contribution is 2.41. The summed E-state index contributed by atoms with van der Waals surface area (Å²) in [7, 11) is 0. The molecule has 332 valence electrons. The molecule has 6 rings (SSSR count). The molecule has 3 aromatic carbocycles. The minimum Gasteiger partial charge on any atom is -0.463 e. The first-order valence-corrected chi connectivity index (χ1v) is 21.5. The van der Waals surface area contributed by atoms with Crippen LogP contribution in [0.15, 0.2) is 84.9 Å². The van der Waals surface area contributed by atoms with Crippen LogP contribution >= 0.6 is 23.4 Å². The van der Waals surface area contributed by atoms with Gasteiger partial charge in [0.15, 0.2) is 24.6 Å². The fourth-order valence-electron chi connectivity index (χ4n) is 7.51. The fraction of sp³-hybridized carbons (Fsp3) is 0.455. The first kappa shape index (κ1) is 46.6. The summed E-state index contributed by atoms with van der Waals surface area (Å²) >= 11 is 7.21. The zero-order valence-electron chi connectivity index (χ0n) is 34.5. The molecular formula is C44H48ClNO15S. The van der Waals surface area contributed by atoms with E-state index in [4.69, 9.17) is 54.2 Å². The third-order valence-electron chi connectivity index (χ3n) is 10.1. The Kier molecular flexibility index (Phi) is 16.5. The Labute approximate surface area is 367 Å². The largest absolute Gasteiger partial charge is 0.463 e. The van der Waals surface area contributed by atoms with Gasteiger partial charge in [0.25, 0.3) is 11.8 Å². The summed E-state index contributed by atoms with van der Waals surface area (Å²) in [6, 6.07) is 23.9. The number of ether oxygens (including phenoxy) is 9. The smallest absolute Gasteiger partial charge is 0.321 e. The maximum absolute atomic E-state index is 14.3. The molecule has 10 atom stereocenters. The first-order valence-electron chi connectivity index (χ1n) is 19.9. The van der Waals surface area contributed by atoms with Crippen molar-refractivity contribution in [2.75, 3.05) is 24.8 Å². The molecule has 16 nitrogen and oxygen atoms in total. The maximum atomic E-state index is 14.3. The van der Waals surface area contributed by atoms with E-state index in [0.717, 1.165) is 36.8 Å². The second-order valence-electron chi connectivity index (χ2n) is 14.5. The summed E-state index contributed by atoms with van der Waals surface area (Å²) in [5.41, 5.74) is 1.13. The van der Waals surface area contributed by atoms with Gasteiger partial charge < -0.3 is 42.6 Å². The number of rotatable bonds is 18. The highest BCUT2D eigenvalue weighted by Gasteiger charge is 2.59. The average molecular weight is 898 g/mol. The Morgan fingerprint density at radius 3 is 1.79 bits per heavy atom. The third-order valence-corrected chi connectivity index (χ3v) is 11.3. The van der Waals surface area contributed by atoms with Crippen molar-refractivity contribution in [3.05, 3.63) is 107 Å². The van der Waals surface area contributed by atoms with Crippen LogP contribution < -0.4 is 0 Å². The van der Waals surface area contributed by atoms with Crippen molar-refractivity contribution in [3.8, 4) is 0 Å². The Hall–Kier alpha value is -4.88. The minimum absolute atomic E-state index is 0.0232. The summed E-state index contributed by atoms with van der Waals surface area (Å²) in [5, 5.41) is 0. The quantitative estimate of drug-likeness (QED) is 0.0744. The van der Waals surface area contributed by atoms with Crippen LogP contribution in [0.5, 0.6) is 0 Å². The van der Waals surface area contributed by atoms with Crippen molar-refractivity contribution in [1.82, 2.24) is 4.90 Å². The number of amides is 2. The number of fused-ring (bicyclic) bond motifs is 1. The number of nitrogens with zero attached hydrogens (tertiary/aromatic N) is 1. The van der Waals surface area contributed by atoms with E-state index in [0.29, 0.717) is 5.75 Å². The number of halogens is 1. The van der Waals surface area contributed by atoms with Gasteiger partial charge in [-0.05, 0) is 29.0 Å².